The Hall–Kier alpha value is -3.71. The summed E-state index contributed by atoms with van der Waals surface area (Å²) >= 11 is 0. The van der Waals surface area contributed by atoms with Crippen LogP contribution in [0.25, 0.3) is 11.1 Å². The fraction of sp³-hybridized carbons (Fsp3) is 0.192. The maximum absolute atomic E-state index is 12.1. The quantitative estimate of drug-likeness (QED) is 0.482. The molecule has 0 radical (unpaired) electrons. The number of alkyl carbamates (subject to hydrolysis) is 1. The van der Waals surface area contributed by atoms with E-state index in [0.29, 0.717) is 19.6 Å². The fourth-order valence-corrected chi connectivity index (χ4v) is 3.82. The van der Waals surface area contributed by atoms with Crippen LogP contribution in [-0.2, 0) is 4.74 Å². The van der Waals surface area contributed by atoms with Gasteiger partial charge in [-0.1, -0.05) is 60.4 Å². The van der Waals surface area contributed by atoms with Crippen molar-refractivity contribution in [2.45, 2.75) is 19.3 Å². The number of hydrogen-bond acceptors (Lipinski definition) is 3. The van der Waals surface area contributed by atoms with Gasteiger partial charge in [0.15, 0.2) is 0 Å². The molecule has 0 fully saturated rings. The first-order valence-corrected chi connectivity index (χ1v) is 10.0. The van der Waals surface area contributed by atoms with E-state index in [1.165, 1.54) is 22.3 Å². The highest BCUT2D eigenvalue weighted by Gasteiger charge is 2.28. The van der Waals surface area contributed by atoms with Crippen LogP contribution in [0.1, 0.15) is 34.6 Å². The summed E-state index contributed by atoms with van der Waals surface area (Å²) in [7, 11) is 0. The summed E-state index contributed by atoms with van der Waals surface area (Å²) < 4.78 is 5.51. The second kappa shape index (κ2) is 8.75. The van der Waals surface area contributed by atoms with Gasteiger partial charge in [-0.2, -0.15) is 0 Å². The zero-order valence-corrected chi connectivity index (χ0v) is 16.8. The lowest BCUT2D eigenvalue weighted by Gasteiger charge is -2.14. The van der Waals surface area contributed by atoms with E-state index in [9.17, 15) is 9.90 Å². The molecule has 0 saturated carbocycles. The Balaban J connectivity index is 1.29. The van der Waals surface area contributed by atoms with E-state index in [1.54, 1.807) is 18.2 Å². The molecule has 150 valence electrons. The normalized spacial score (nSPS) is 11.8. The first-order valence-electron chi connectivity index (χ1n) is 10.0. The van der Waals surface area contributed by atoms with Crippen LogP contribution in [0.4, 0.5) is 4.79 Å². The molecule has 0 saturated heterocycles. The van der Waals surface area contributed by atoms with Crippen molar-refractivity contribution in [3.8, 4) is 28.7 Å². The monoisotopic (exact) mass is 397 g/mol. The van der Waals surface area contributed by atoms with Gasteiger partial charge in [0.1, 0.15) is 12.4 Å². The fourth-order valence-electron chi connectivity index (χ4n) is 3.82. The number of carbonyl (C=O) groups is 1. The molecule has 4 nitrogen and oxygen atoms in total. The number of nitrogens with one attached hydrogen (secondary N) is 1. The minimum absolute atomic E-state index is 0.0559. The number of phenols is 1. The van der Waals surface area contributed by atoms with Gasteiger partial charge in [0.25, 0.3) is 0 Å². The van der Waals surface area contributed by atoms with Gasteiger partial charge in [-0.05, 0) is 52.9 Å². The SMILES string of the molecule is Cc1cc(O)ccc1C#CCCNC(=O)OCC1c2ccccc2-c2ccccc21. The lowest BCUT2D eigenvalue weighted by Crippen LogP contribution is -2.26. The molecule has 30 heavy (non-hydrogen) atoms. The number of amides is 1. The van der Waals surface area contributed by atoms with Crippen LogP contribution in [0.2, 0.25) is 0 Å². The molecule has 0 bridgehead atoms. The summed E-state index contributed by atoms with van der Waals surface area (Å²) in [5.41, 5.74) is 6.60. The number of aromatic hydroxyl groups is 1. The maximum Gasteiger partial charge on any atom is 0.407 e. The van der Waals surface area contributed by atoms with Crippen molar-refractivity contribution < 1.29 is 14.6 Å². The van der Waals surface area contributed by atoms with Gasteiger partial charge in [-0.25, -0.2) is 4.79 Å². The third-order valence-corrected chi connectivity index (χ3v) is 5.30. The van der Waals surface area contributed by atoms with Crippen LogP contribution < -0.4 is 5.32 Å². The Morgan fingerprint density at radius 1 is 1.03 bits per heavy atom. The predicted molar refractivity (Wildman–Crippen MR) is 117 cm³/mol. The van der Waals surface area contributed by atoms with Crippen molar-refractivity contribution in [3.63, 3.8) is 0 Å². The molecule has 0 aromatic heterocycles. The van der Waals surface area contributed by atoms with E-state index in [2.05, 4.69) is 41.4 Å². The largest absolute Gasteiger partial charge is 0.508 e. The Kier molecular flexibility index (Phi) is 5.72. The second-order valence-corrected chi connectivity index (χ2v) is 7.30. The van der Waals surface area contributed by atoms with Crippen LogP contribution in [0, 0.1) is 18.8 Å². The molecule has 0 spiro atoms. The number of ether oxygens (including phenoxy) is 1. The van der Waals surface area contributed by atoms with Gasteiger partial charge in [-0.15, -0.1) is 0 Å². The van der Waals surface area contributed by atoms with Crippen LogP contribution >= 0.6 is 0 Å². The van der Waals surface area contributed by atoms with E-state index in [-0.39, 0.29) is 11.7 Å². The van der Waals surface area contributed by atoms with E-state index >= 15 is 0 Å². The molecule has 4 heteroatoms. The smallest absolute Gasteiger partial charge is 0.407 e. The number of carbonyl (C=O) groups excluding carboxylic acids is 1. The van der Waals surface area contributed by atoms with Crippen molar-refractivity contribution in [2.24, 2.45) is 0 Å². The molecule has 2 N–H and O–H groups in total. The number of phenolic OH excluding ortho intramolecular Hbond substituents is 1. The summed E-state index contributed by atoms with van der Waals surface area (Å²) in [6.07, 6.45) is 0.0873. The van der Waals surface area contributed by atoms with Crippen molar-refractivity contribution in [1.82, 2.24) is 5.32 Å². The number of fused-ring (bicyclic) bond motifs is 3. The van der Waals surface area contributed by atoms with Crippen LogP contribution in [-0.4, -0.2) is 24.4 Å². The average Bonchev–Trinajstić information content (AvgIpc) is 3.07. The molecule has 3 aromatic carbocycles. The van der Waals surface area contributed by atoms with Gasteiger partial charge in [-0.3, -0.25) is 0 Å². The molecule has 0 heterocycles. The van der Waals surface area contributed by atoms with Crippen LogP contribution in [0.15, 0.2) is 66.7 Å². The van der Waals surface area contributed by atoms with Gasteiger partial charge < -0.3 is 15.2 Å². The highest BCUT2D eigenvalue weighted by atomic mass is 16.5. The van der Waals surface area contributed by atoms with Crippen molar-refractivity contribution in [3.05, 3.63) is 89.0 Å². The summed E-state index contributed by atoms with van der Waals surface area (Å²) in [5.74, 6) is 6.39. The molecule has 4 rings (SSSR count). The Morgan fingerprint density at radius 2 is 1.70 bits per heavy atom. The van der Waals surface area contributed by atoms with Gasteiger partial charge in [0, 0.05) is 24.4 Å². The third-order valence-electron chi connectivity index (χ3n) is 5.30. The molecule has 1 aliphatic rings. The van der Waals surface area contributed by atoms with Crippen molar-refractivity contribution in [1.29, 1.82) is 0 Å². The zero-order valence-electron chi connectivity index (χ0n) is 16.8. The van der Waals surface area contributed by atoms with Gasteiger partial charge in [0.05, 0.1) is 0 Å². The van der Waals surface area contributed by atoms with E-state index in [0.717, 1.165) is 11.1 Å². The van der Waals surface area contributed by atoms with Crippen molar-refractivity contribution in [2.75, 3.05) is 13.2 Å². The van der Waals surface area contributed by atoms with Crippen molar-refractivity contribution >= 4 is 6.09 Å². The third kappa shape index (κ3) is 4.16. The minimum atomic E-state index is -0.431. The summed E-state index contributed by atoms with van der Waals surface area (Å²) in [4.78, 5) is 12.1. The van der Waals surface area contributed by atoms with Gasteiger partial charge in [0.2, 0.25) is 0 Å². The highest BCUT2D eigenvalue weighted by Crippen LogP contribution is 2.44. The predicted octanol–water partition coefficient (Wildman–Crippen LogP) is 4.98. The Morgan fingerprint density at radius 3 is 2.37 bits per heavy atom. The molecule has 1 amide bonds. The van der Waals surface area contributed by atoms with Crippen LogP contribution in [0.5, 0.6) is 5.75 Å². The first kappa shape index (κ1) is 19.6. The number of benzene rings is 3. The number of hydrogen-bond donors (Lipinski definition) is 2. The van der Waals surface area contributed by atoms with Crippen LogP contribution in [0.3, 0.4) is 0 Å². The molecule has 0 atom stereocenters. The maximum atomic E-state index is 12.1. The molecular weight excluding hydrogens is 374 g/mol. The number of aryl methyl sites for hydroxylation is 1. The van der Waals surface area contributed by atoms with E-state index in [1.807, 2.05) is 31.2 Å². The lowest BCUT2D eigenvalue weighted by molar-refractivity contribution is 0.143. The molecule has 0 unspecified atom stereocenters. The zero-order chi connectivity index (χ0) is 20.9. The Bertz CT molecular complexity index is 1090. The van der Waals surface area contributed by atoms with E-state index < -0.39 is 6.09 Å². The molecule has 1 aliphatic carbocycles. The topological polar surface area (TPSA) is 58.6 Å². The molecule has 3 aromatic rings. The molecule has 0 aliphatic heterocycles. The highest BCUT2D eigenvalue weighted by molar-refractivity contribution is 5.79. The summed E-state index contributed by atoms with van der Waals surface area (Å²) in [6.45, 7) is 2.62. The second-order valence-electron chi connectivity index (χ2n) is 7.30. The Labute approximate surface area is 176 Å². The summed E-state index contributed by atoms with van der Waals surface area (Å²) in [6, 6.07) is 21.6. The first-order chi connectivity index (χ1) is 14.6. The lowest BCUT2D eigenvalue weighted by atomic mass is 9.98. The minimum Gasteiger partial charge on any atom is -0.508 e. The van der Waals surface area contributed by atoms with Gasteiger partial charge >= 0.3 is 6.09 Å². The van der Waals surface area contributed by atoms with E-state index in [4.69, 9.17) is 4.74 Å². The molecular formula is C26H23NO3. The average molecular weight is 397 g/mol. The summed E-state index contributed by atoms with van der Waals surface area (Å²) in [5, 5.41) is 12.2. The number of rotatable bonds is 4. The standard InChI is InChI=1S/C26H23NO3/c1-18-16-20(28)14-13-19(18)8-6-7-15-27-26(29)30-17-25-23-11-4-2-9-21(23)22-10-3-5-12-24(22)25/h2-5,9-14,16,25,28H,7,15,17H2,1H3,(H,27,29).